The van der Waals surface area contributed by atoms with Gasteiger partial charge >= 0.3 is 5.97 Å². The van der Waals surface area contributed by atoms with E-state index in [1.165, 1.54) is 19.1 Å². The Labute approximate surface area is 152 Å². The van der Waals surface area contributed by atoms with E-state index in [1.807, 2.05) is 6.92 Å². The number of amides is 1. The molecule has 138 valence electrons. The standard InChI is InChI=1S/C18H20N2O5S/c1-12-8-10-15(11-9-12)26(23,24)20-13(2)18(22)25-16(17(19)21)14-6-4-3-5-7-14/h3-11,13,16,20H,1-2H3,(H2,19,21)/t13-,16?/m0/s1. The van der Waals surface area contributed by atoms with Crippen LogP contribution in [-0.4, -0.2) is 26.3 Å². The Hall–Kier alpha value is -2.71. The number of nitrogens with two attached hydrogens (primary N) is 1. The van der Waals surface area contributed by atoms with Crippen LogP contribution < -0.4 is 10.5 Å². The molecule has 1 unspecified atom stereocenters. The summed E-state index contributed by atoms with van der Waals surface area (Å²) < 4.78 is 32.0. The molecule has 0 aliphatic heterocycles. The third-order valence-electron chi connectivity index (χ3n) is 3.61. The highest BCUT2D eigenvalue weighted by Crippen LogP contribution is 2.18. The summed E-state index contributed by atoms with van der Waals surface area (Å²) in [6.07, 6.45) is -1.30. The zero-order chi connectivity index (χ0) is 19.3. The Morgan fingerprint density at radius 3 is 2.15 bits per heavy atom. The van der Waals surface area contributed by atoms with Crippen molar-refractivity contribution in [3.05, 3.63) is 65.7 Å². The molecule has 0 fully saturated rings. The number of esters is 1. The van der Waals surface area contributed by atoms with E-state index in [1.54, 1.807) is 42.5 Å². The Morgan fingerprint density at radius 2 is 1.62 bits per heavy atom. The minimum atomic E-state index is -3.91. The molecule has 2 atom stereocenters. The third kappa shape index (κ3) is 4.90. The van der Waals surface area contributed by atoms with Crippen molar-refractivity contribution in [3.63, 3.8) is 0 Å². The number of sulfonamides is 1. The zero-order valence-corrected chi connectivity index (χ0v) is 15.2. The average molecular weight is 376 g/mol. The lowest BCUT2D eigenvalue weighted by atomic mass is 10.1. The number of carbonyl (C=O) groups is 2. The van der Waals surface area contributed by atoms with Gasteiger partial charge in [0.15, 0.2) is 0 Å². The summed E-state index contributed by atoms with van der Waals surface area (Å²) in [4.78, 5) is 23.9. The summed E-state index contributed by atoms with van der Waals surface area (Å²) in [5.41, 5.74) is 6.61. The first-order valence-corrected chi connectivity index (χ1v) is 9.33. The highest BCUT2D eigenvalue weighted by Gasteiger charge is 2.28. The molecule has 1 amide bonds. The van der Waals surface area contributed by atoms with Crippen LogP contribution in [0.1, 0.15) is 24.2 Å². The fourth-order valence-corrected chi connectivity index (χ4v) is 3.39. The lowest BCUT2D eigenvalue weighted by molar-refractivity contribution is -0.156. The van der Waals surface area contributed by atoms with Gasteiger partial charge in [0.2, 0.25) is 16.1 Å². The second kappa shape index (κ2) is 8.11. The van der Waals surface area contributed by atoms with Crippen molar-refractivity contribution in [1.82, 2.24) is 4.72 Å². The lowest BCUT2D eigenvalue weighted by Crippen LogP contribution is -2.41. The number of ether oxygens (including phenoxy) is 1. The van der Waals surface area contributed by atoms with Gasteiger partial charge < -0.3 is 10.5 Å². The molecule has 0 spiro atoms. The maximum atomic E-state index is 12.3. The van der Waals surface area contributed by atoms with Crippen molar-refractivity contribution in [1.29, 1.82) is 0 Å². The molecule has 0 saturated carbocycles. The van der Waals surface area contributed by atoms with Crippen LogP contribution in [0.3, 0.4) is 0 Å². The van der Waals surface area contributed by atoms with Gasteiger partial charge in [-0.3, -0.25) is 9.59 Å². The van der Waals surface area contributed by atoms with Gasteiger partial charge in [-0.15, -0.1) is 0 Å². The predicted molar refractivity (Wildman–Crippen MR) is 95.4 cm³/mol. The van der Waals surface area contributed by atoms with Crippen molar-refractivity contribution in [2.75, 3.05) is 0 Å². The Balaban J connectivity index is 2.11. The monoisotopic (exact) mass is 376 g/mol. The van der Waals surface area contributed by atoms with E-state index in [4.69, 9.17) is 10.5 Å². The van der Waals surface area contributed by atoms with Gasteiger partial charge in [-0.25, -0.2) is 8.42 Å². The maximum Gasteiger partial charge on any atom is 0.325 e. The second-order valence-electron chi connectivity index (χ2n) is 5.79. The molecule has 7 nitrogen and oxygen atoms in total. The number of benzene rings is 2. The number of primary amides is 1. The van der Waals surface area contributed by atoms with E-state index in [0.29, 0.717) is 5.56 Å². The van der Waals surface area contributed by atoms with Crippen LogP contribution in [0.25, 0.3) is 0 Å². The lowest BCUT2D eigenvalue weighted by Gasteiger charge is -2.19. The molecule has 2 aromatic carbocycles. The zero-order valence-electron chi connectivity index (χ0n) is 14.4. The summed E-state index contributed by atoms with van der Waals surface area (Å²) in [6, 6.07) is 13.2. The van der Waals surface area contributed by atoms with Crippen LogP contribution in [0.5, 0.6) is 0 Å². The molecule has 0 aliphatic rings. The van der Waals surface area contributed by atoms with E-state index in [9.17, 15) is 18.0 Å². The molecule has 0 bridgehead atoms. The molecule has 26 heavy (non-hydrogen) atoms. The third-order valence-corrected chi connectivity index (χ3v) is 5.17. The van der Waals surface area contributed by atoms with Crippen molar-refractivity contribution in [2.45, 2.75) is 30.9 Å². The number of hydrogen-bond acceptors (Lipinski definition) is 5. The summed E-state index contributed by atoms with van der Waals surface area (Å²) >= 11 is 0. The molecular formula is C18H20N2O5S. The molecule has 2 rings (SSSR count). The number of carbonyl (C=O) groups excluding carboxylic acids is 2. The molecule has 3 N–H and O–H groups in total. The van der Waals surface area contributed by atoms with Gasteiger partial charge in [0.05, 0.1) is 4.90 Å². The first kappa shape index (κ1) is 19.6. The van der Waals surface area contributed by atoms with E-state index < -0.39 is 34.0 Å². The van der Waals surface area contributed by atoms with Gasteiger partial charge in [-0.2, -0.15) is 4.72 Å². The molecule has 0 saturated heterocycles. The summed E-state index contributed by atoms with van der Waals surface area (Å²) in [6.45, 7) is 3.16. The quantitative estimate of drug-likeness (QED) is 0.709. The Kier molecular flexibility index (Phi) is 6.12. The molecular weight excluding hydrogens is 356 g/mol. The SMILES string of the molecule is Cc1ccc(S(=O)(=O)N[C@@H](C)C(=O)OC(C(N)=O)c2ccccc2)cc1. The van der Waals surface area contributed by atoms with E-state index in [0.717, 1.165) is 5.56 Å². The van der Waals surface area contributed by atoms with Crippen molar-refractivity contribution in [3.8, 4) is 0 Å². The summed E-state index contributed by atoms with van der Waals surface area (Å²) in [7, 11) is -3.91. The topological polar surface area (TPSA) is 116 Å². The number of hydrogen-bond donors (Lipinski definition) is 2. The van der Waals surface area contributed by atoms with Crippen LogP contribution in [0, 0.1) is 6.92 Å². The number of nitrogens with one attached hydrogen (secondary N) is 1. The molecule has 0 heterocycles. The fraction of sp³-hybridized carbons (Fsp3) is 0.222. The van der Waals surface area contributed by atoms with Gasteiger partial charge in [-0.05, 0) is 26.0 Å². The van der Waals surface area contributed by atoms with Crippen LogP contribution in [0.15, 0.2) is 59.5 Å². The minimum Gasteiger partial charge on any atom is -0.446 e. The van der Waals surface area contributed by atoms with Gasteiger partial charge in [0.25, 0.3) is 5.91 Å². The smallest absolute Gasteiger partial charge is 0.325 e. The molecule has 2 aromatic rings. The minimum absolute atomic E-state index is 0.0252. The van der Waals surface area contributed by atoms with E-state index >= 15 is 0 Å². The molecule has 0 aromatic heterocycles. The predicted octanol–water partition coefficient (Wildman–Crippen LogP) is 1.43. The maximum absolute atomic E-state index is 12.3. The van der Waals surface area contributed by atoms with Crippen molar-refractivity contribution >= 4 is 21.9 Å². The first-order chi connectivity index (χ1) is 12.2. The first-order valence-electron chi connectivity index (χ1n) is 7.84. The van der Waals surface area contributed by atoms with Crippen LogP contribution in [-0.2, 0) is 24.3 Å². The van der Waals surface area contributed by atoms with Crippen LogP contribution in [0.4, 0.5) is 0 Å². The highest BCUT2D eigenvalue weighted by atomic mass is 32.2. The van der Waals surface area contributed by atoms with Crippen LogP contribution in [0.2, 0.25) is 0 Å². The Bertz CT molecular complexity index is 880. The summed E-state index contributed by atoms with van der Waals surface area (Å²) in [5.74, 6) is -1.76. The molecule has 8 heteroatoms. The fourth-order valence-electron chi connectivity index (χ4n) is 2.20. The van der Waals surface area contributed by atoms with Gasteiger partial charge in [0.1, 0.15) is 6.04 Å². The van der Waals surface area contributed by atoms with Gasteiger partial charge in [-0.1, -0.05) is 48.0 Å². The average Bonchev–Trinajstić information content (AvgIpc) is 2.59. The number of rotatable bonds is 7. The van der Waals surface area contributed by atoms with E-state index in [2.05, 4.69) is 4.72 Å². The second-order valence-corrected chi connectivity index (χ2v) is 7.50. The van der Waals surface area contributed by atoms with Crippen molar-refractivity contribution in [2.24, 2.45) is 5.73 Å². The van der Waals surface area contributed by atoms with Gasteiger partial charge in [0, 0.05) is 5.56 Å². The molecule has 0 aliphatic carbocycles. The normalized spacial score (nSPS) is 13.6. The van der Waals surface area contributed by atoms with Crippen molar-refractivity contribution < 1.29 is 22.7 Å². The largest absolute Gasteiger partial charge is 0.446 e. The number of aryl methyl sites for hydroxylation is 1. The Morgan fingerprint density at radius 1 is 1.04 bits per heavy atom. The van der Waals surface area contributed by atoms with E-state index in [-0.39, 0.29) is 4.90 Å². The van der Waals surface area contributed by atoms with Crippen LogP contribution >= 0.6 is 0 Å². The molecule has 0 radical (unpaired) electrons. The highest BCUT2D eigenvalue weighted by molar-refractivity contribution is 7.89. The summed E-state index contributed by atoms with van der Waals surface area (Å²) in [5, 5.41) is 0.